The van der Waals surface area contributed by atoms with E-state index in [1.54, 1.807) is 37.8 Å². The molecule has 1 N–H and O–H groups in total. The molecule has 1 fully saturated rings. The summed E-state index contributed by atoms with van der Waals surface area (Å²) in [4.78, 5) is 33.0. The van der Waals surface area contributed by atoms with Gasteiger partial charge in [-0.25, -0.2) is 9.78 Å². The molecule has 8 nitrogen and oxygen atoms in total. The number of carbonyl (C=O) groups is 1. The number of aryl methyl sites for hydroxylation is 1. The van der Waals surface area contributed by atoms with Gasteiger partial charge in [0.15, 0.2) is 11.5 Å². The summed E-state index contributed by atoms with van der Waals surface area (Å²) in [5.74, 6) is 0.600. The van der Waals surface area contributed by atoms with Gasteiger partial charge in [0.1, 0.15) is 15.5 Å². The van der Waals surface area contributed by atoms with Crippen molar-refractivity contribution >= 4 is 27.5 Å². The second kappa shape index (κ2) is 8.32. The molecule has 0 spiro atoms. The van der Waals surface area contributed by atoms with Crippen LogP contribution in [0.15, 0.2) is 23.0 Å². The van der Waals surface area contributed by atoms with Crippen molar-refractivity contribution in [3.8, 4) is 22.9 Å². The molecule has 1 saturated heterocycles. The number of aromatic carboxylic acids is 1. The van der Waals surface area contributed by atoms with Crippen LogP contribution in [-0.4, -0.2) is 59.9 Å². The van der Waals surface area contributed by atoms with Crippen LogP contribution in [0.2, 0.25) is 0 Å². The van der Waals surface area contributed by atoms with Crippen LogP contribution in [0.25, 0.3) is 21.6 Å². The molecule has 0 radical (unpaired) electrons. The summed E-state index contributed by atoms with van der Waals surface area (Å²) in [6.07, 6.45) is 1.64. The zero-order valence-corrected chi connectivity index (χ0v) is 18.8. The number of hydrogen-bond donors (Lipinski definition) is 1. The number of ether oxygens (including phenoxy) is 2. The van der Waals surface area contributed by atoms with Crippen molar-refractivity contribution in [2.75, 3.05) is 34.4 Å². The summed E-state index contributed by atoms with van der Waals surface area (Å²) in [6.45, 7) is 3.44. The third kappa shape index (κ3) is 3.68. The molecule has 1 aromatic carbocycles. The lowest BCUT2D eigenvalue weighted by atomic mass is 10.0. The Morgan fingerprint density at radius 3 is 2.48 bits per heavy atom. The van der Waals surface area contributed by atoms with Gasteiger partial charge in [-0.05, 0) is 63.7 Å². The van der Waals surface area contributed by atoms with E-state index in [4.69, 9.17) is 14.5 Å². The van der Waals surface area contributed by atoms with E-state index >= 15 is 0 Å². The van der Waals surface area contributed by atoms with E-state index in [0.29, 0.717) is 33.1 Å². The predicted octanol–water partition coefficient (Wildman–Crippen LogP) is 3.42. The van der Waals surface area contributed by atoms with Gasteiger partial charge >= 0.3 is 5.97 Å². The minimum atomic E-state index is -1.04. The Kier molecular flexibility index (Phi) is 5.72. The number of likely N-dealkylation sites (tertiary alicyclic amines) is 1. The fourth-order valence-electron chi connectivity index (χ4n) is 4.17. The highest BCUT2D eigenvalue weighted by Gasteiger charge is 2.27. The highest BCUT2D eigenvalue weighted by atomic mass is 32.1. The van der Waals surface area contributed by atoms with E-state index in [2.05, 4.69) is 11.9 Å². The van der Waals surface area contributed by atoms with Gasteiger partial charge in [-0.3, -0.25) is 9.36 Å². The Morgan fingerprint density at radius 1 is 1.19 bits per heavy atom. The van der Waals surface area contributed by atoms with Crippen LogP contribution in [0.1, 0.15) is 34.1 Å². The van der Waals surface area contributed by atoms with Crippen LogP contribution in [0.3, 0.4) is 0 Å². The lowest BCUT2D eigenvalue weighted by Crippen LogP contribution is -2.36. The first-order chi connectivity index (χ1) is 14.8. The van der Waals surface area contributed by atoms with Gasteiger partial charge in [-0.2, -0.15) is 0 Å². The van der Waals surface area contributed by atoms with Crippen molar-refractivity contribution in [3.63, 3.8) is 0 Å². The topological polar surface area (TPSA) is 93.9 Å². The molecule has 164 valence electrons. The molecule has 9 heteroatoms. The normalized spacial score (nSPS) is 15.4. The van der Waals surface area contributed by atoms with Crippen LogP contribution < -0.4 is 15.0 Å². The average Bonchev–Trinajstić information content (AvgIpc) is 3.11. The molecule has 4 rings (SSSR count). The highest BCUT2D eigenvalue weighted by Crippen LogP contribution is 2.36. The third-order valence-electron chi connectivity index (χ3n) is 5.89. The maximum absolute atomic E-state index is 13.7. The Balaban J connectivity index is 2.00. The summed E-state index contributed by atoms with van der Waals surface area (Å²) < 4.78 is 12.5. The summed E-state index contributed by atoms with van der Waals surface area (Å²) in [5, 5.41) is 9.95. The fraction of sp³-hybridized carbons (Fsp3) is 0.409. The first kappa shape index (κ1) is 21.3. The Morgan fingerprint density at radius 2 is 1.87 bits per heavy atom. The first-order valence-corrected chi connectivity index (χ1v) is 10.9. The number of fused-ring (bicyclic) bond motifs is 1. The molecule has 1 aliphatic heterocycles. The molecule has 1 aliphatic rings. The number of piperidine rings is 1. The Hall–Kier alpha value is -2.91. The molecule has 3 heterocycles. The van der Waals surface area contributed by atoms with Crippen molar-refractivity contribution in [1.82, 2.24) is 14.5 Å². The number of hydrogen-bond acceptors (Lipinski definition) is 7. The van der Waals surface area contributed by atoms with Crippen molar-refractivity contribution in [2.45, 2.75) is 25.8 Å². The Labute approximate surface area is 183 Å². The largest absolute Gasteiger partial charge is 0.493 e. The van der Waals surface area contributed by atoms with E-state index < -0.39 is 5.97 Å². The minimum Gasteiger partial charge on any atom is -0.493 e. The molecule has 2 aromatic heterocycles. The van der Waals surface area contributed by atoms with Gasteiger partial charge in [0, 0.05) is 11.6 Å². The number of carboxylic acids is 1. The number of benzene rings is 1. The van der Waals surface area contributed by atoms with E-state index in [1.807, 2.05) is 6.07 Å². The van der Waals surface area contributed by atoms with Crippen LogP contribution in [-0.2, 0) is 0 Å². The lowest BCUT2D eigenvalue weighted by Gasteiger charge is -2.31. The number of thiophene rings is 1. The molecule has 0 atom stereocenters. The van der Waals surface area contributed by atoms with Crippen molar-refractivity contribution in [1.29, 1.82) is 0 Å². The minimum absolute atomic E-state index is 0.0173. The summed E-state index contributed by atoms with van der Waals surface area (Å²) in [6, 6.07) is 5.41. The maximum atomic E-state index is 13.7. The fourth-order valence-corrected chi connectivity index (χ4v) is 5.18. The summed E-state index contributed by atoms with van der Waals surface area (Å²) in [5.41, 5.74) is 1.01. The molecule has 0 saturated carbocycles. The van der Waals surface area contributed by atoms with E-state index in [9.17, 15) is 14.7 Å². The molecule has 0 amide bonds. The number of nitrogens with zero attached hydrogens (tertiary/aromatic N) is 3. The number of methoxy groups -OCH3 is 2. The van der Waals surface area contributed by atoms with Crippen LogP contribution in [0.5, 0.6) is 11.5 Å². The van der Waals surface area contributed by atoms with Gasteiger partial charge in [0.05, 0.1) is 19.6 Å². The third-order valence-corrected chi connectivity index (χ3v) is 7.06. The maximum Gasteiger partial charge on any atom is 0.346 e. The standard InChI is InChI=1S/C22H25N3O5S/c1-12-17-20(31-18(12)22(27)28)23-19(13-5-6-15(29-3)16(11-13)30-4)25(21(17)26)14-7-9-24(2)10-8-14/h5-6,11,14H,7-10H2,1-4H3,(H,27,28). The summed E-state index contributed by atoms with van der Waals surface area (Å²) >= 11 is 1.04. The van der Waals surface area contributed by atoms with Gasteiger partial charge in [-0.1, -0.05) is 0 Å². The van der Waals surface area contributed by atoms with Crippen molar-refractivity contribution in [2.24, 2.45) is 0 Å². The van der Waals surface area contributed by atoms with Crippen molar-refractivity contribution < 1.29 is 19.4 Å². The SMILES string of the molecule is COc1ccc(-c2nc3sc(C(=O)O)c(C)c3c(=O)n2C2CCN(C)CC2)cc1OC. The lowest BCUT2D eigenvalue weighted by molar-refractivity contribution is 0.0701. The number of aromatic nitrogens is 2. The van der Waals surface area contributed by atoms with Gasteiger partial charge < -0.3 is 19.5 Å². The zero-order valence-electron chi connectivity index (χ0n) is 18.0. The predicted molar refractivity (Wildman–Crippen MR) is 120 cm³/mol. The summed E-state index contributed by atoms with van der Waals surface area (Å²) in [7, 11) is 5.19. The first-order valence-electron chi connectivity index (χ1n) is 10.1. The smallest absolute Gasteiger partial charge is 0.346 e. The molecule has 0 bridgehead atoms. The van der Waals surface area contributed by atoms with E-state index in [-0.39, 0.29) is 16.5 Å². The average molecular weight is 444 g/mol. The van der Waals surface area contributed by atoms with E-state index in [0.717, 1.165) is 42.8 Å². The molecule has 0 unspecified atom stereocenters. The second-order valence-corrected chi connectivity index (χ2v) is 8.76. The van der Waals surface area contributed by atoms with Crippen LogP contribution >= 0.6 is 11.3 Å². The van der Waals surface area contributed by atoms with Gasteiger partial charge in [-0.15, -0.1) is 11.3 Å². The monoisotopic (exact) mass is 443 g/mol. The van der Waals surface area contributed by atoms with Crippen LogP contribution in [0, 0.1) is 6.92 Å². The molecular weight excluding hydrogens is 418 g/mol. The molecule has 0 aliphatic carbocycles. The highest BCUT2D eigenvalue weighted by molar-refractivity contribution is 7.20. The van der Waals surface area contributed by atoms with Crippen molar-refractivity contribution in [3.05, 3.63) is 39.0 Å². The zero-order chi connectivity index (χ0) is 22.3. The van der Waals surface area contributed by atoms with Gasteiger partial charge in [0.2, 0.25) is 0 Å². The van der Waals surface area contributed by atoms with Crippen LogP contribution in [0.4, 0.5) is 0 Å². The number of rotatable bonds is 5. The molecule has 3 aromatic rings. The number of carboxylic acid groups (broad SMARTS) is 1. The quantitative estimate of drug-likeness (QED) is 0.646. The molecular formula is C22H25N3O5S. The second-order valence-electron chi connectivity index (χ2n) is 7.76. The Bertz CT molecular complexity index is 1210. The van der Waals surface area contributed by atoms with E-state index in [1.165, 1.54) is 0 Å². The molecule has 31 heavy (non-hydrogen) atoms. The van der Waals surface area contributed by atoms with Gasteiger partial charge in [0.25, 0.3) is 5.56 Å².